The minimum Gasteiger partial charge on any atom is -0.351 e. The van der Waals surface area contributed by atoms with Crippen molar-refractivity contribution in [2.24, 2.45) is 5.92 Å². The van der Waals surface area contributed by atoms with Crippen molar-refractivity contribution in [2.75, 3.05) is 19.6 Å². The summed E-state index contributed by atoms with van der Waals surface area (Å²) in [7, 11) is 0. The van der Waals surface area contributed by atoms with Crippen molar-refractivity contribution in [3.8, 4) is 0 Å². The highest BCUT2D eigenvalue weighted by molar-refractivity contribution is 7.12. The van der Waals surface area contributed by atoms with E-state index in [0.29, 0.717) is 5.92 Å². The lowest BCUT2D eigenvalue weighted by Gasteiger charge is -2.31. The van der Waals surface area contributed by atoms with Gasteiger partial charge in [-0.05, 0) is 55.4 Å². The van der Waals surface area contributed by atoms with Crippen LogP contribution < -0.4 is 5.32 Å². The van der Waals surface area contributed by atoms with Crippen molar-refractivity contribution in [3.05, 3.63) is 52.5 Å². The molecule has 0 radical (unpaired) electrons. The Balaban J connectivity index is 1.39. The van der Waals surface area contributed by atoms with Gasteiger partial charge in [0.15, 0.2) is 0 Å². The van der Waals surface area contributed by atoms with Crippen LogP contribution in [-0.2, 0) is 6.54 Å². The number of nitrogens with zero attached hydrogens (tertiary/aromatic N) is 2. The molecule has 1 fully saturated rings. The maximum absolute atomic E-state index is 11.9. The van der Waals surface area contributed by atoms with E-state index in [2.05, 4.69) is 21.3 Å². The quantitative estimate of drug-likeness (QED) is 0.923. The maximum atomic E-state index is 11.9. The lowest BCUT2D eigenvalue weighted by atomic mass is 9.96. The van der Waals surface area contributed by atoms with E-state index in [9.17, 15) is 4.79 Å². The number of rotatable bonds is 5. The first-order chi connectivity index (χ1) is 10.8. The number of piperidine rings is 1. The van der Waals surface area contributed by atoms with Gasteiger partial charge >= 0.3 is 0 Å². The SMILES string of the molecule is O=C(NCC1CCN(Cc2ccccn2)CC1)c1cccs1. The zero-order valence-corrected chi connectivity index (χ0v) is 13.4. The molecule has 1 aliphatic rings. The van der Waals surface area contributed by atoms with Gasteiger partial charge in [0, 0.05) is 19.3 Å². The van der Waals surface area contributed by atoms with Crippen molar-refractivity contribution in [3.63, 3.8) is 0 Å². The predicted octanol–water partition coefficient (Wildman–Crippen LogP) is 2.79. The van der Waals surface area contributed by atoms with E-state index in [1.165, 1.54) is 11.3 Å². The largest absolute Gasteiger partial charge is 0.351 e. The standard InChI is InChI=1S/C17H21N3OS/c21-17(16-5-3-11-22-16)19-12-14-6-9-20(10-7-14)13-15-4-1-2-8-18-15/h1-5,8,11,14H,6-7,9-10,12-13H2,(H,19,21). The molecular weight excluding hydrogens is 294 g/mol. The minimum atomic E-state index is 0.0610. The lowest BCUT2D eigenvalue weighted by molar-refractivity contribution is 0.0939. The van der Waals surface area contributed by atoms with Crippen LogP contribution in [0.4, 0.5) is 0 Å². The van der Waals surface area contributed by atoms with E-state index in [1.54, 1.807) is 0 Å². The second kappa shape index (κ2) is 7.51. The summed E-state index contributed by atoms with van der Waals surface area (Å²) in [4.78, 5) is 19.6. The predicted molar refractivity (Wildman–Crippen MR) is 88.9 cm³/mol. The normalized spacial score (nSPS) is 16.5. The molecule has 0 atom stereocenters. The summed E-state index contributed by atoms with van der Waals surface area (Å²) in [5.74, 6) is 0.648. The zero-order valence-electron chi connectivity index (χ0n) is 12.6. The smallest absolute Gasteiger partial charge is 0.261 e. The molecule has 0 aromatic carbocycles. The fourth-order valence-corrected chi connectivity index (χ4v) is 3.44. The molecule has 4 nitrogen and oxygen atoms in total. The van der Waals surface area contributed by atoms with Gasteiger partial charge in [0.2, 0.25) is 0 Å². The average Bonchev–Trinajstić information content (AvgIpc) is 3.09. The Hall–Kier alpha value is -1.72. The number of pyridine rings is 1. The van der Waals surface area contributed by atoms with Crippen LogP contribution in [0.15, 0.2) is 41.9 Å². The molecule has 1 aliphatic heterocycles. The van der Waals surface area contributed by atoms with Gasteiger partial charge in [-0.3, -0.25) is 14.7 Å². The molecule has 22 heavy (non-hydrogen) atoms. The number of hydrogen-bond acceptors (Lipinski definition) is 4. The van der Waals surface area contributed by atoms with Crippen molar-refractivity contribution >= 4 is 17.2 Å². The second-order valence-corrected chi connectivity index (χ2v) is 6.68. The molecule has 3 rings (SSSR count). The summed E-state index contributed by atoms with van der Waals surface area (Å²) < 4.78 is 0. The lowest BCUT2D eigenvalue weighted by Crippen LogP contribution is -2.38. The van der Waals surface area contributed by atoms with Crippen molar-refractivity contribution in [1.82, 2.24) is 15.2 Å². The van der Waals surface area contributed by atoms with Crippen LogP contribution in [0.5, 0.6) is 0 Å². The number of carbonyl (C=O) groups is 1. The Kier molecular flexibility index (Phi) is 5.19. The molecule has 0 bridgehead atoms. The van der Waals surface area contributed by atoms with Gasteiger partial charge in [0.25, 0.3) is 5.91 Å². The molecule has 0 aliphatic carbocycles. The van der Waals surface area contributed by atoms with E-state index >= 15 is 0 Å². The van der Waals surface area contributed by atoms with Crippen LogP contribution >= 0.6 is 11.3 Å². The topological polar surface area (TPSA) is 45.2 Å². The van der Waals surface area contributed by atoms with E-state index in [0.717, 1.165) is 49.6 Å². The molecule has 1 N–H and O–H groups in total. The molecule has 0 saturated carbocycles. The van der Waals surface area contributed by atoms with Gasteiger partial charge in [-0.2, -0.15) is 0 Å². The minimum absolute atomic E-state index is 0.0610. The number of thiophene rings is 1. The number of carbonyl (C=O) groups excluding carboxylic acids is 1. The second-order valence-electron chi connectivity index (χ2n) is 5.73. The van der Waals surface area contributed by atoms with Gasteiger partial charge in [0.1, 0.15) is 0 Å². The summed E-state index contributed by atoms with van der Waals surface area (Å²) in [6.07, 6.45) is 4.12. The Morgan fingerprint density at radius 3 is 2.82 bits per heavy atom. The summed E-state index contributed by atoms with van der Waals surface area (Å²) in [5, 5.41) is 5.00. The van der Waals surface area contributed by atoms with Crippen LogP contribution in [0, 0.1) is 5.92 Å². The number of likely N-dealkylation sites (tertiary alicyclic amines) is 1. The highest BCUT2D eigenvalue weighted by Gasteiger charge is 2.20. The zero-order chi connectivity index (χ0) is 15.2. The van der Waals surface area contributed by atoms with Crippen LogP contribution in [0.2, 0.25) is 0 Å². The van der Waals surface area contributed by atoms with Crippen LogP contribution in [0.1, 0.15) is 28.2 Å². The van der Waals surface area contributed by atoms with E-state index < -0.39 is 0 Å². The number of hydrogen-bond donors (Lipinski definition) is 1. The van der Waals surface area contributed by atoms with Crippen LogP contribution in [0.3, 0.4) is 0 Å². The average molecular weight is 315 g/mol. The molecule has 5 heteroatoms. The molecule has 0 unspecified atom stereocenters. The first kappa shape index (κ1) is 15.2. The number of amides is 1. The highest BCUT2D eigenvalue weighted by atomic mass is 32.1. The fourth-order valence-electron chi connectivity index (χ4n) is 2.80. The highest BCUT2D eigenvalue weighted by Crippen LogP contribution is 2.18. The summed E-state index contributed by atoms with van der Waals surface area (Å²) >= 11 is 1.49. The van der Waals surface area contributed by atoms with Crippen LogP contribution in [0.25, 0.3) is 0 Å². The molecule has 0 spiro atoms. The molecule has 1 amide bonds. The monoisotopic (exact) mass is 315 g/mol. The third-order valence-electron chi connectivity index (χ3n) is 4.12. The van der Waals surface area contributed by atoms with Gasteiger partial charge in [-0.15, -0.1) is 11.3 Å². The number of aromatic nitrogens is 1. The van der Waals surface area contributed by atoms with Crippen molar-refractivity contribution in [2.45, 2.75) is 19.4 Å². The van der Waals surface area contributed by atoms with Gasteiger partial charge in [-0.25, -0.2) is 0 Å². The molecule has 2 aromatic heterocycles. The Morgan fingerprint density at radius 2 is 2.14 bits per heavy atom. The maximum Gasteiger partial charge on any atom is 0.261 e. The van der Waals surface area contributed by atoms with Crippen LogP contribution in [-0.4, -0.2) is 35.4 Å². The van der Waals surface area contributed by atoms with Crippen molar-refractivity contribution < 1.29 is 4.79 Å². The Morgan fingerprint density at radius 1 is 1.27 bits per heavy atom. The van der Waals surface area contributed by atoms with E-state index in [1.807, 2.05) is 35.8 Å². The molecule has 2 aromatic rings. The summed E-state index contributed by atoms with van der Waals surface area (Å²) in [6, 6.07) is 9.85. The molecule has 1 saturated heterocycles. The number of nitrogens with one attached hydrogen (secondary N) is 1. The third-order valence-corrected chi connectivity index (χ3v) is 4.98. The first-order valence-corrected chi connectivity index (χ1v) is 8.63. The molecule has 3 heterocycles. The molecule has 116 valence electrons. The third kappa shape index (κ3) is 4.15. The van der Waals surface area contributed by atoms with E-state index in [-0.39, 0.29) is 5.91 Å². The van der Waals surface area contributed by atoms with Crippen molar-refractivity contribution in [1.29, 1.82) is 0 Å². The van der Waals surface area contributed by atoms with E-state index in [4.69, 9.17) is 0 Å². The van der Waals surface area contributed by atoms with Gasteiger partial charge in [0.05, 0.1) is 10.6 Å². The Labute approximate surface area is 135 Å². The first-order valence-electron chi connectivity index (χ1n) is 7.75. The fraction of sp³-hybridized carbons (Fsp3) is 0.412. The Bertz CT molecular complexity index is 577. The summed E-state index contributed by atoms with van der Waals surface area (Å²) in [5.41, 5.74) is 1.13. The summed E-state index contributed by atoms with van der Waals surface area (Å²) in [6.45, 7) is 3.87. The molecular formula is C17H21N3OS. The van der Waals surface area contributed by atoms with Gasteiger partial charge < -0.3 is 5.32 Å². The van der Waals surface area contributed by atoms with Gasteiger partial charge in [-0.1, -0.05) is 12.1 Å².